The highest BCUT2D eigenvalue weighted by Crippen LogP contribution is 2.55. The summed E-state index contributed by atoms with van der Waals surface area (Å²) in [5.41, 5.74) is 2.28. The van der Waals surface area contributed by atoms with E-state index in [-0.39, 0.29) is 29.7 Å². The van der Waals surface area contributed by atoms with Crippen LogP contribution in [-0.4, -0.2) is 67.2 Å². The number of primary amides is 1. The third kappa shape index (κ3) is 2.93. The Bertz CT molecular complexity index is 1090. The van der Waals surface area contributed by atoms with Crippen molar-refractivity contribution in [2.75, 3.05) is 11.9 Å². The van der Waals surface area contributed by atoms with E-state index in [2.05, 4.69) is 5.32 Å². The number of amides is 2. The van der Waals surface area contributed by atoms with E-state index in [9.17, 15) is 39.6 Å². The lowest BCUT2D eigenvalue weighted by molar-refractivity contribution is -0.167. The molecule has 0 radical (unpaired) electrons. The van der Waals surface area contributed by atoms with E-state index in [1.807, 2.05) is 0 Å². The molecule has 2 saturated carbocycles. The lowest BCUT2D eigenvalue weighted by atomic mass is 9.56. The Kier molecular flexibility index (Phi) is 5.07. The van der Waals surface area contributed by atoms with Crippen LogP contribution in [0.5, 0.6) is 5.75 Å². The Hall–Kier alpha value is -3.28. The van der Waals surface area contributed by atoms with Gasteiger partial charge in [-0.2, -0.15) is 0 Å². The molecule has 11 nitrogen and oxygen atoms in total. The predicted molar refractivity (Wildman–Crippen MR) is 107 cm³/mol. The maximum Gasteiger partial charge on any atom is 0.250 e. The zero-order chi connectivity index (χ0) is 23.5. The summed E-state index contributed by atoms with van der Waals surface area (Å²) in [6, 6.07) is 2.60. The van der Waals surface area contributed by atoms with Crippen LogP contribution in [-0.2, 0) is 19.2 Å². The van der Waals surface area contributed by atoms with Crippen LogP contribution in [0.3, 0.4) is 0 Å². The van der Waals surface area contributed by atoms with Gasteiger partial charge in [-0.1, -0.05) is 6.07 Å². The first-order valence-corrected chi connectivity index (χ1v) is 10.00. The molecule has 0 aromatic heterocycles. The molecular formula is C21H22N2O9. The van der Waals surface area contributed by atoms with E-state index in [0.717, 1.165) is 0 Å². The number of carbonyl (C=O) groups excluding carboxylic acids is 4. The molecule has 2 fully saturated rings. The molecule has 32 heavy (non-hydrogen) atoms. The molecule has 8 N–H and O–H groups in total. The number of benzene rings is 1. The number of aromatic hydroxyl groups is 1. The SMILES string of the molecule is NC(=O)C1c2ccc(NC(=O)CO)c(O)c2C(O)=C2C(=O)C3(O)C(=O)CC(O)CC3CC21. The van der Waals surface area contributed by atoms with Crippen LogP contribution < -0.4 is 11.1 Å². The molecule has 0 saturated heterocycles. The van der Waals surface area contributed by atoms with Gasteiger partial charge in [0.05, 0.1) is 23.3 Å². The number of anilines is 1. The minimum atomic E-state index is -2.48. The summed E-state index contributed by atoms with van der Waals surface area (Å²) < 4.78 is 0. The van der Waals surface area contributed by atoms with Crippen molar-refractivity contribution >= 4 is 34.8 Å². The quantitative estimate of drug-likeness (QED) is 0.220. The number of rotatable bonds is 3. The Morgan fingerprint density at radius 2 is 1.88 bits per heavy atom. The number of carbonyl (C=O) groups is 4. The number of phenols is 1. The second kappa shape index (κ2) is 7.40. The van der Waals surface area contributed by atoms with Crippen molar-refractivity contribution in [3.05, 3.63) is 28.8 Å². The van der Waals surface area contributed by atoms with Crippen molar-refractivity contribution in [3.63, 3.8) is 0 Å². The summed E-state index contributed by atoms with van der Waals surface area (Å²) in [5, 5.41) is 53.8. The van der Waals surface area contributed by atoms with Crippen LogP contribution in [0.2, 0.25) is 0 Å². The molecule has 1 aromatic carbocycles. The van der Waals surface area contributed by atoms with Crippen molar-refractivity contribution in [3.8, 4) is 5.75 Å². The molecule has 11 heteroatoms. The molecule has 0 spiro atoms. The lowest BCUT2D eigenvalue weighted by Crippen LogP contribution is -2.62. The first-order valence-electron chi connectivity index (χ1n) is 10.00. The Balaban J connectivity index is 1.93. The summed E-state index contributed by atoms with van der Waals surface area (Å²) in [5.74, 6) is -8.29. The molecule has 3 aliphatic carbocycles. The normalized spacial score (nSPS) is 31.5. The fourth-order valence-electron chi connectivity index (χ4n) is 5.25. The average molecular weight is 446 g/mol. The van der Waals surface area contributed by atoms with Gasteiger partial charge in [0, 0.05) is 23.8 Å². The molecule has 0 bridgehead atoms. The molecule has 0 heterocycles. The third-order valence-electron chi connectivity index (χ3n) is 6.66. The van der Waals surface area contributed by atoms with Crippen LogP contribution in [0.25, 0.3) is 5.76 Å². The summed E-state index contributed by atoms with van der Waals surface area (Å²) in [6.45, 7) is -0.879. The summed E-state index contributed by atoms with van der Waals surface area (Å²) in [6.07, 6.45) is -1.62. The van der Waals surface area contributed by atoms with Gasteiger partial charge in [0.15, 0.2) is 11.4 Å². The highest BCUT2D eigenvalue weighted by Gasteiger charge is 2.62. The van der Waals surface area contributed by atoms with Crippen LogP contribution in [0.1, 0.15) is 36.3 Å². The first kappa shape index (κ1) is 21.9. The second-order valence-corrected chi connectivity index (χ2v) is 8.43. The summed E-state index contributed by atoms with van der Waals surface area (Å²) in [4.78, 5) is 49.8. The van der Waals surface area contributed by atoms with Gasteiger partial charge in [-0.3, -0.25) is 19.2 Å². The summed E-state index contributed by atoms with van der Waals surface area (Å²) >= 11 is 0. The van der Waals surface area contributed by atoms with Gasteiger partial charge in [0.2, 0.25) is 17.6 Å². The maximum atomic E-state index is 13.3. The fraction of sp³-hybridized carbons (Fsp3) is 0.429. The van der Waals surface area contributed by atoms with E-state index < -0.39 is 82.9 Å². The van der Waals surface area contributed by atoms with Gasteiger partial charge in [0.25, 0.3) is 0 Å². The van der Waals surface area contributed by atoms with Crippen LogP contribution in [0.15, 0.2) is 17.7 Å². The maximum absolute atomic E-state index is 13.3. The van der Waals surface area contributed by atoms with Gasteiger partial charge in [-0.15, -0.1) is 0 Å². The highest BCUT2D eigenvalue weighted by atomic mass is 16.3. The van der Waals surface area contributed by atoms with Crippen molar-refractivity contribution < 1.29 is 44.7 Å². The second-order valence-electron chi connectivity index (χ2n) is 8.43. The van der Waals surface area contributed by atoms with Crippen LogP contribution in [0.4, 0.5) is 5.69 Å². The molecule has 4 rings (SSSR count). The number of aliphatic hydroxyl groups is 4. The molecule has 5 unspecified atom stereocenters. The molecule has 170 valence electrons. The summed E-state index contributed by atoms with van der Waals surface area (Å²) in [7, 11) is 0. The predicted octanol–water partition coefficient (Wildman–Crippen LogP) is -1.17. The first-order chi connectivity index (χ1) is 15.0. The van der Waals surface area contributed by atoms with Crippen molar-refractivity contribution in [2.45, 2.75) is 36.9 Å². The number of ketones is 2. The van der Waals surface area contributed by atoms with E-state index in [4.69, 9.17) is 10.8 Å². The highest BCUT2D eigenvalue weighted by molar-refractivity contribution is 6.22. The van der Waals surface area contributed by atoms with Gasteiger partial charge in [0.1, 0.15) is 18.1 Å². The molecule has 5 atom stereocenters. The van der Waals surface area contributed by atoms with Crippen LogP contribution in [0, 0.1) is 11.8 Å². The average Bonchev–Trinajstić information content (AvgIpc) is 2.72. The van der Waals surface area contributed by atoms with Gasteiger partial charge in [-0.25, -0.2) is 0 Å². The standard InChI is InChI=1S/C21H22N2O9/c22-20(31)14-9-1-2-11(23-13(27)6-24)17(28)15(9)18(29)16-10(14)4-7-3-8(25)5-12(26)21(7,32)19(16)30/h1-2,7-8,10,14,24-25,28-29,32H,3-6H2,(H2,22,31)(H,23,27). The topological polar surface area (TPSA) is 207 Å². The van der Waals surface area contributed by atoms with Crippen LogP contribution >= 0.6 is 0 Å². The molecular weight excluding hydrogens is 424 g/mol. The number of hydrogen-bond donors (Lipinski definition) is 7. The number of aliphatic hydroxyl groups excluding tert-OH is 3. The van der Waals surface area contributed by atoms with Gasteiger partial charge < -0.3 is 36.6 Å². The van der Waals surface area contributed by atoms with Gasteiger partial charge in [-0.05, 0) is 24.5 Å². The molecule has 1 aromatic rings. The van der Waals surface area contributed by atoms with Gasteiger partial charge >= 0.3 is 0 Å². The molecule has 2 amide bonds. The lowest BCUT2D eigenvalue weighted by Gasteiger charge is -2.48. The van der Waals surface area contributed by atoms with E-state index >= 15 is 0 Å². The number of hydrogen-bond acceptors (Lipinski definition) is 9. The number of phenolic OH excluding ortho intramolecular Hbond substituents is 1. The number of fused-ring (bicyclic) bond motifs is 3. The number of nitrogens with one attached hydrogen (secondary N) is 1. The van der Waals surface area contributed by atoms with Crippen molar-refractivity contribution in [2.24, 2.45) is 17.6 Å². The largest absolute Gasteiger partial charge is 0.507 e. The van der Waals surface area contributed by atoms with Crippen molar-refractivity contribution in [1.29, 1.82) is 0 Å². The third-order valence-corrected chi connectivity index (χ3v) is 6.66. The molecule has 3 aliphatic rings. The fourth-order valence-corrected chi connectivity index (χ4v) is 5.25. The van der Waals surface area contributed by atoms with E-state index in [1.54, 1.807) is 0 Å². The molecule has 0 aliphatic heterocycles. The van der Waals surface area contributed by atoms with E-state index in [0.29, 0.717) is 0 Å². The van der Waals surface area contributed by atoms with E-state index in [1.165, 1.54) is 12.1 Å². The number of Topliss-reactive ketones (excluding diaryl/α,β-unsaturated/α-hetero) is 2. The minimum absolute atomic E-state index is 0.0474. The Labute approximate surface area is 181 Å². The zero-order valence-electron chi connectivity index (χ0n) is 16.7. The monoisotopic (exact) mass is 446 g/mol. The smallest absolute Gasteiger partial charge is 0.250 e. The Morgan fingerprint density at radius 3 is 2.50 bits per heavy atom. The minimum Gasteiger partial charge on any atom is -0.507 e. The number of nitrogens with two attached hydrogens (primary N) is 1. The zero-order valence-corrected chi connectivity index (χ0v) is 16.7. The van der Waals surface area contributed by atoms with Crippen molar-refractivity contribution in [1.82, 2.24) is 0 Å². The Morgan fingerprint density at radius 1 is 1.19 bits per heavy atom.